The topological polar surface area (TPSA) is 123 Å². The van der Waals surface area contributed by atoms with Gasteiger partial charge in [-0.2, -0.15) is 0 Å². The van der Waals surface area contributed by atoms with Gasteiger partial charge in [-0.3, -0.25) is 9.78 Å². The molecule has 0 unspecified atom stereocenters. The Labute approximate surface area is 146 Å². The Morgan fingerprint density at radius 1 is 1.20 bits per heavy atom. The fourth-order valence-corrected chi connectivity index (χ4v) is 2.92. The third kappa shape index (κ3) is 6.14. The molecule has 0 saturated carbocycles. The lowest BCUT2D eigenvalue weighted by atomic mass is 10.3. The number of carbonyl (C=O) groups is 1. The Balaban J connectivity index is 1.79. The van der Waals surface area contributed by atoms with E-state index in [2.05, 4.69) is 15.0 Å². The van der Waals surface area contributed by atoms with Crippen molar-refractivity contribution in [3.8, 4) is 5.75 Å². The van der Waals surface area contributed by atoms with Gasteiger partial charge in [0.05, 0.1) is 0 Å². The zero-order chi connectivity index (χ0) is 18.1. The minimum Gasteiger partial charge on any atom is -0.492 e. The van der Waals surface area contributed by atoms with E-state index in [9.17, 15) is 13.2 Å². The summed E-state index contributed by atoms with van der Waals surface area (Å²) in [6.45, 7) is 0.830. The first kappa shape index (κ1) is 18.8. The molecule has 0 aliphatic heterocycles. The van der Waals surface area contributed by atoms with E-state index >= 15 is 0 Å². The number of nitrogens with one attached hydrogen (secondary N) is 2. The minimum atomic E-state index is -3.66. The van der Waals surface area contributed by atoms with Crippen LogP contribution in [-0.4, -0.2) is 39.0 Å². The molecule has 0 radical (unpaired) electrons. The molecule has 1 amide bonds. The van der Waals surface area contributed by atoms with Gasteiger partial charge in [0.2, 0.25) is 15.9 Å². The first-order valence-corrected chi connectivity index (χ1v) is 9.12. The second kappa shape index (κ2) is 9.11. The molecular weight excluding hydrogens is 344 g/mol. The van der Waals surface area contributed by atoms with Gasteiger partial charge < -0.3 is 15.8 Å². The monoisotopic (exact) mass is 364 g/mol. The summed E-state index contributed by atoms with van der Waals surface area (Å²) in [5.74, 6) is 0.359. The Kier molecular flexibility index (Phi) is 6.87. The molecule has 134 valence electrons. The SMILES string of the molecule is NCCOc1ccc(NC(=O)CCNS(=O)(=O)c2cccnc2)cc1. The van der Waals surface area contributed by atoms with Crippen LogP contribution in [0.1, 0.15) is 6.42 Å². The van der Waals surface area contributed by atoms with Gasteiger partial charge >= 0.3 is 0 Å². The molecule has 0 bridgehead atoms. The summed E-state index contributed by atoms with van der Waals surface area (Å²) in [5.41, 5.74) is 5.95. The second-order valence-electron chi connectivity index (χ2n) is 5.05. The quantitative estimate of drug-likeness (QED) is 0.602. The van der Waals surface area contributed by atoms with E-state index in [0.717, 1.165) is 0 Å². The van der Waals surface area contributed by atoms with Crippen LogP contribution in [0.4, 0.5) is 5.69 Å². The molecule has 8 nitrogen and oxygen atoms in total. The van der Waals surface area contributed by atoms with E-state index < -0.39 is 10.0 Å². The molecule has 1 heterocycles. The summed E-state index contributed by atoms with van der Waals surface area (Å²) in [6, 6.07) is 9.80. The lowest BCUT2D eigenvalue weighted by Crippen LogP contribution is -2.27. The van der Waals surface area contributed by atoms with Crippen molar-refractivity contribution in [3.63, 3.8) is 0 Å². The van der Waals surface area contributed by atoms with E-state index in [1.165, 1.54) is 24.5 Å². The van der Waals surface area contributed by atoms with Crippen LogP contribution in [0, 0.1) is 0 Å². The predicted molar refractivity (Wildman–Crippen MR) is 93.7 cm³/mol. The lowest BCUT2D eigenvalue weighted by Gasteiger charge is -2.08. The van der Waals surface area contributed by atoms with Gasteiger partial charge in [0.25, 0.3) is 0 Å². The summed E-state index contributed by atoms with van der Waals surface area (Å²) in [4.78, 5) is 15.7. The molecule has 0 aliphatic carbocycles. The van der Waals surface area contributed by atoms with E-state index in [0.29, 0.717) is 24.6 Å². The van der Waals surface area contributed by atoms with Crippen molar-refractivity contribution >= 4 is 21.6 Å². The van der Waals surface area contributed by atoms with Crippen molar-refractivity contribution in [3.05, 3.63) is 48.8 Å². The highest BCUT2D eigenvalue weighted by atomic mass is 32.2. The largest absolute Gasteiger partial charge is 0.492 e. The number of pyridine rings is 1. The number of amides is 1. The number of anilines is 1. The lowest BCUT2D eigenvalue weighted by molar-refractivity contribution is -0.116. The first-order chi connectivity index (χ1) is 12.0. The van der Waals surface area contributed by atoms with Crippen LogP contribution in [0.5, 0.6) is 5.75 Å². The van der Waals surface area contributed by atoms with Crippen LogP contribution < -0.4 is 20.5 Å². The molecule has 0 atom stereocenters. The average molecular weight is 364 g/mol. The van der Waals surface area contributed by atoms with E-state index in [-0.39, 0.29) is 23.8 Å². The number of nitrogens with zero attached hydrogens (tertiary/aromatic N) is 1. The number of aromatic nitrogens is 1. The smallest absolute Gasteiger partial charge is 0.242 e. The summed E-state index contributed by atoms with van der Waals surface area (Å²) < 4.78 is 31.7. The van der Waals surface area contributed by atoms with E-state index in [4.69, 9.17) is 10.5 Å². The van der Waals surface area contributed by atoms with Crippen LogP contribution in [0.15, 0.2) is 53.7 Å². The summed E-state index contributed by atoms with van der Waals surface area (Å²) in [5, 5.41) is 2.68. The maximum absolute atomic E-state index is 12.0. The Morgan fingerprint density at radius 3 is 2.60 bits per heavy atom. The highest BCUT2D eigenvalue weighted by molar-refractivity contribution is 7.89. The number of carbonyl (C=O) groups excluding carboxylic acids is 1. The third-order valence-electron chi connectivity index (χ3n) is 3.11. The molecule has 2 aromatic rings. The highest BCUT2D eigenvalue weighted by Crippen LogP contribution is 2.15. The molecule has 0 fully saturated rings. The van der Waals surface area contributed by atoms with Gasteiger partial charge in [-0.05, 0) is 36.4 Å². The maximum atomic E-state index is 12.0. The molecule has 1 aromatic carbocycles. The maximum Gasteiger partial charge on any atom is 0.242 e. The zero-order valence-corrected chi connectivity index (χ0v) is 14.3. The Hall–Kier alpha value is -2.49. The van der Waals surface area contributed by atoms with Gasteiger partial charge in [0.1, 0.15) is 17.3 Å². The Morgan fingerprint density at radius 2 is 1.96 bits per heavy atom. The molecule has 0 spiro atoms. The molecular formula is C16H20N4O4S. The van der Waals surface area contributed by atoms with Gasteiger partial charge in [0.15, 0.2) is 0 Å². The second-order valence-corrected chi connectivity index (χ2v) is 6.81. The number of sulfonamides is 1. The summed E-state index contributed by atoms with van der Waals surface area (Å²) in [6.07, 6.45) is 2.74. The first-order valence-electron chi connectivity index (χ1n) is 7.64. The number of hydrogen-bond acceptors (Lipinski definition) is 6. The van der Waals surface area contributed by atoms with Crippen molar-refractivity contribution in [2.75, 3.05) is 25.0 Å². The van der Waals surface area contributed by atoms with Crippen LogP contribution in [-0.2, 0) is 14.8 Å². The van der Waals surface area contributed by atoms with E-state index in [1.807, 2.05) is 0 Å². The van der Waals surface area contributed by atoms with Gasteiger partial charge in [-0.15, -0.1) is 0 Å². The molecule has 1 aromatic heterocycles. The fourth-order valence-electron chi connectivity index (χ4n) is 1.92. The fraction of sp³-hybridized carbons (Fsp3) is 0.250. The summed E-state index contributed by atoms with van der Waals surface area (Å²) >= 11 is 0. The van der Waals surface area contributed by atoms with Crippen LogP contribution in [0.25, 0.3) is 0 Å². The number of nitrogens with two attached hydrogens (primary N) is 1. The molecule has 4 N–H and O–H groups in total. The number of ether oxygens (including phenoxy) is 1. The predicted octanol–water partition coefficient (Wildman–Crippen LogP) is 0.726. The van der Waals surface area contributed by atoms with E-state index in [1.54, 1.807) is 24.3 Å². The highest BCUT2D eigenvalue weighted by Gasteiger charge is 2.14. The number of hydrogen-bond donors (Lipinski definition) is 3. The molecule has 0 saturated heterocycles. The van der Waals surface area contributed by atoms with Gasteiger partial charge in [0, 0.05) is 37.6 Å². The van der Waals surface area contributed by atoms with Crippen LogP contribution in [0.2, 0.25) is 0 Å². The number of rotatable bonds is 9. The van der Waals surface area contributed by atoms with Crippen LogP contribution in [0.3, 0.4) is 0 Å². The van der Waals surface area contributed by atoms with Crippen LogP contribution >= 0.6 is 0 Å². The van der Waals surface area contributed by atoms with Crippen molar-refractivity contribution in [2.24, 2.45) is 5.73 Å². The third-order valence-corrected chi connectivity index (χ3v) is 4.56. The minimum absolute atomic E-state index is 0.00488. The van der Waals surface area contributed by atoms with Gasteiger partial charge in [-0.25, -0.2) is 13.1 Å². The molecule has 0 aliphatic rings. The zero-order valence-electron chi connectivity index (χ0n) is 13.5. The van der Waals surface area contributed by atoms with Crippen molar-refractivity contribution in [1.29, 1.82) is 0 Å². The molecule has 25 heavy (non-hydrogen) atoms. The standard InChI is InChI=1S/C16H20N4O4S/c17-8-11-24-14-5-3-13(4-6-14)20-16(21)7-10-19-25(22,23)15-2-1-9-18-12-15/h1-6,9,12,19H,7-8,10-11,17H2,(H,20,21). The number of benzene rings is 1. The normalized spacial score (nSPS) is 11.1. The molecule has 9 heteroatoms. The average Bonchev–Trinajstić information content (AvgIpc) is 2.62. The summed E-state index contributed by atoms with van der Waals surface area (Å²) in [7, 11) is -3.66. The van der Waals surface area contributed by atoms with Crippen molar-refractivity contribution < 1.29 is 17.9 Å². The van der Waals surface area contributed by atoms with Gasteiger partial charge in [-0.1, -0.05) is 0 Å². The van der Waals surface area contributed by atoms with Crippen molar-refractivity contribution in [1.82, 2.24) is 9.71 Å². The van der Waals surface area contributed by atoms with Crippen molar-refractivity contribution in [2.45, 2.75) is 11.3 Å². The Bertz CT molecular complexity index is 780. The molecule has 2 rings (SSSR count).